The Balaban J connectivity index is 2.46. The summed E-state index contributed by atoms with van der Waals surface area (Å²) in [4.78, 5) is 14.1. The highest BCUT2D eigenvalue weighted by Gasteiger charge is 2.20. The van der Waals surface area contributed by atoms with Crippen molar-refractivity contribution < 1.29 is 9.53 Å². The van der Waals surface area contributed by atoms with Crippen LogP contribution < -0.4 is 9.64 Å². The number of halogens is 1. The molecule has 116 valence electrons. The van der Waals surface area contributed by atoms with Gasteiger partial charge in [0.25, 0.3) is 0 Å². The van der Waals surface area contributed by atoms with Crippen LogP contribution >= 0.6 is 11.6 Å². The number of carbonyl (C=O) groups excluding carboxylic acids is 1. The number of anilines is 1. The number of amides is 1. The van der Waals surface area contributed by atoms with E-state index in [1.54, 1.807) is 12.0 Å². The van der Waals surface area contributed by atoms with Crippen LogP contribution in [0.2, 0.25) is 0 Å². The third-order valence-corrected chi connectivity index (χ3v) is 3.87. The Kier molecular flexibility index (Phi) is 5.45. The molecule has 0 aliphatic rings. The van der Waals surface area contributed by atoms with Gasteiger partial charge in [0.05, 0.1) is 13.7 Å². The molecular weight excluding hydrogens is 298 g/mol. The number of para-hydroxylation sites is 2. The second-order valence-electron chi connectivity index (χ2n) is 5.17. The van der Waals surface area contributed by atoms with Gasteiger partial charge in [0.2, 0.25) is 5.91 Å². The van der Waals surface area contributed by atoms with Crippen molar-refractivity contribution in [2.75, 3.05) is 17.9 Å². The van der Waals surface area contributed by atoms with Crippen LogP contribution in [0.4, 0.5) is 5.69 Å². The molecule has 3 nitrogen and oxygen atoms in total. The Hall–Kier alpha value is -2.00. The molecule has 0 spiro atoms. The Morgan fingerprint density at radius 1 is 1.09 bits per heavy atom. The highest BCUT2D eigenvalue weighted by Crippen LogP contribution is 2.28. The first-order chi connectivity index (χ1) is 10.6. The number of rotatable bonds is 5. The predicted molar refractivity (Wildman–Crippen MR) is 90.8 cm³/mol. The van der Waals surface area contributed by atoms with Gasteiger partial charge in [-0.15, -0.1) is 11.6 Å². The molecule has 0 atom stereocenters. The maximum absolute atomic E-state index is 12.4. The van der Waals surface area contributed by atoms with Crippen molar-refractivity contribution in [2.24, 2.45) is 0 Å². The molecular formula is C18H20ClNO2. The smallest absolute Gasteiger partial charge is 0.242 e. The summed E-state index contributed by atoms with van der Waals surface area (Å²) >= 11 is 5.82. The zero-order valence-corrected chi connectivity index (χ0v) is 13.9. The highest BCUT2D eigenvalue weighted by atomic mass is 35.5. The Morgan fingerprint density at radius 2 is 1.73 bits per heavy atom. The Bertz CT molecular complexity index is 650. The lowest BCUT2D eigenvalue weighted by Gasteiger charge is -2.26. The van der Waals surface area contributed by atoms with Gasteiger partial charge in [-0.25, -0.2) is 0 Å². The van der Waals surface area contributed by atoms with Crippen LogP contribution in [0.1, 0.15) is 16.7 Å². The Labute approximate surface area is 136 Å². The molecule has 0 bridgehead atoms. The second kappa shape index (κ2) is 7.32. The molecule has 2 aromatic carbocycles. The summed E-state index contributed by atoms with van der Waals surface area (Å²) in [7, 11) is 1.63. The number of alkyl halides is 1. The van der Waals surface area contributed by atoms with Crippen LogP contribution in [0.5, 0.6) is 5.75 Å². The van der Waals surface area contributed by atoms with Gasteiger partial charge in [0.1, 0.15) is 11.6 Å². The van der Waals surface area contributed by atoms with Crippen LogP contribution in [0, 0.1) is 13.8 Å². The van der Waals surface area contributed by atoms with Crippen LogP contribution in [-0.4, -0.2) is 18.9 Å². The maximum Gasteiger partial charge on any atom is 0.242 e. The van der Waals surface area contributed by atoms with Crippen molar-refractivity contribution in [3.05, 3.63) is 59.2 Å². The van der Waals surface area contributed by atoms with Crippen LogP contribution in [0.15, 0.2) is 42.5 Å². The van der Waals surface area contributed by atoms with E-state index in [-0.39, 0.29) is 11.8 Å². The van der Waals surface area contributed by atoms with Crippen LogP contribution in [0.3, 0.4) is 0 Å². The van der Waals surface area contributed by atoms with Crippen molar-refractivity contribution >= 4 is 23.2 Å². The fourth-order valence-electron chi connectivity index (χ4n) is 2.60. The van der Waals surface area contributed by atoms with Gasteiger partial charge in [-0.05, 0) is 31.0 Å². The van der Waals surface area contributed by atoms with E-state index in [1.807, 2.05) is 56.3 Å². The number of hydrogen-bond acceptors (Lipinski definition) is 2. The third-order valence-electron chi connectivity index (χ3n) is 3.65. The van der Waals surface area contributed by atoms with E-state index < -0.39 is 0 Å². The molecule has 1 amide bonds. The average Bonchev–Trinajstić information content (AvgIpc) is 2.53. The lowest BCUT2D eigenvalue weighted by atomic mass is 10.1. The minimum Gasteiger partial charge on any atom is -0.496 e. The van der Waals surface area contributed by atoms with E-state index in [0.717, 1.165) is 28.1 Å². The monoisotopic (exact) mass is 317 g/mol. The Morgan fingerprint density at radius 3 is 2.32 bits per heavy atom. The first-order valence-electron chi connectivity index (χ1n) is 7.13. The van der Waals surface area contributed by atoms with Gasteiger partial charge in [0.15, 0.2) is 0 Å². The minimum absolute atomic E-state index is 0.0527. The van der Waals surface area contributed by atoms with Gasteiger partial charge in [-0.2, -0.15) is 0 Å². The van der Waals surface area contributed by atoms with Gasteiger partial charge >= 0.3 is 0 Å². The molecule has 4 heteroatoms. The number of carbonyl (C=O) groups is 1. The van der Waals surface area contributed by atoms with E-state index in [4.69, 9.17) is 16.3 Å². The number of ether oxygens (including phenoxy) is 1. The first-order valence-corrected chi connectivity index (χ1v) is 7.66. The van der Waals surface area contributed by atoms with Crippen LogP contribution in [-0.2, 0) is 11.3 Å². The van der Waals surface area contributed by atoms with Crippen molar-refractivity contribution in [2.45, 2.75) is 20.4 Å². The first kappa shape index (κ1) is 16.4. The molecule has 0 radical (unpaired) electrons. The van der Waals surface area contributed by atoms with Crippen LogP contribution in [0.25, 0.3) is 0 Å². The van der Waals surface area contributed by atoms with Crippen molar-refractivity contribution in [3.63, 3.8) is 0 Å². The fraction of sp³-hybridized carbons (Fsp3) is 0.278. The van der Waals surface area contributed by atoms with E-state index in [0.29, 0.717) is 6.54 Å². The zero-order valence-electron chi connectivity index (χ0n) is 13.1. The highest BCUT2D eigenvalue weighted by molar-refractivity contribution is 6.29. The van der Waals surface area contributed by atoms with Gasteiger partial charge in [-0.1, -0.05) is 36.4 Å². The molecule has 0 saturated heterocycles. The fourth-order valence-corrected chi connectivity index (χ4v) is 2.74. The van der Waals surface area contributed by atoms with E-state index in [9.17, 15) is 4.79 Å². The normalized spacial score (nSPS) is 10.4. The topological polar surface area (TPSA) is 29.5 Å². The summed E-state index contributed by atoms with van der Waals surface area (Å²) in [5.74, 6) is 0.592. The summed E-state index contributed by atoms with van der Waals surface area (Å²) in [6.07, 6.45) is 0. The molecule has 0 fully saturated rings. The predicted octanol–water partition coefficient (Wildman–Crippen LogP) is 4.08. The second-order valence-corrected chi connectivity index (χ2v) is 5.43. The molecule has 2 rings (SSSR count). The van der Waals surface area contributed by atoms with Gasteiger partial charge in [-0.3, -0.25) is 4.79 Å². The molecule has 0 heterocycles. The number of benzene rings is 2. The molecule has 2 aromatic rings. The number of nitrogens with zero attached hydrogens (tertiary/aromatic N) is 1. The maximum atomic E-state index is 12.4. The molecule has 22 heavy (non-hydrogen) atoms. The van der Waals surface area contributed by atoms with E-state index >= 15 is 0 Å². The molecule has 0 saturated carbocycles. The molecule has 0 aliphatic heterocycles. The SMILES string of the molecule is COc1ccccc1CN(C(=O)CCl)c1c(C)cccc1C. The summed E-state index contributed by atoms with van der Waals surface area (Å²) in [5, 5.41) is 0. The third kappa shape index (κ3) is 3.42. The standard InChI is InChI=1S/C18H20ClNO2/c1-13-7-6-8-14(2)18(13)20(17(21)11-19)12-15-9-4-5-10-16(15)22-3/h4-10H,11-12H2,1-3H3. The zero-order chi connectivity index (χ0) is 16.1. The molecule has 0 unspecified atom stereocenters. The minimum atomic E-state index is -0.120. The molecule has 0 aromatic heterocycles. The van der Waals surface area contributed by atoms with E-state index in [1.165, 1.54) is 0 Å². The van der Waals surface area contributed by atoms with E-state index in [2.05, 4.69) is 0 Å². The lowest BCUT2D eigenvalue weighted by molar-refractivity contribution is -0.116. The average molecular weight is 318 g/mol. The van der Waals surface area contributed by atoms with Gasteiger partial charge in [0, 0.05) is 11.3 Å². The largest absolute Gasteiger partial charge is 0.496 e. The number of methoxy groups -OCH3 is 1. The van der Waals surface area contributed by atoms with Gasteiger partial charge < -0.3 is 9.64 Å². The lowest BCUT2D eigenvalue weighted by Crippen LogP contribution is -2.32. The number of hydrogen-bond donors (Lipinski definition) is 0. The van der Waals surface area contributed by atoms with Crippen molar-refractivity contribution in [1.29, 1.82) is 0 Å². The molecule has 0 aliphatic carbocycles. The summed E-state index contributed by atoms with van der Waals surface area (Å²) in [6, 6.07) is 13.7. The summed E-state index contributed by atoms with van der Waals surface area (Å²) in [6.45, 7) is 4.43. The molecule has 0 N–H and O–H groups in total. The van der Waals surface area contributed by atoms with Crippen molar-refractivity contribution in [3.8, 4) is 5.75 Å². The summed E-state index contributed by atoms with van der Waals surface area (Å²) in [5.41, 5.74) is 3.96. The number of aryl methyl sites for hydroxylation is 2. The van der Waals surface area contributed by atoms with Crippen molar-refractivity contribution in [1.82, 2.24) is 0 Å². The summed E-state index contributed by atoms with van der Waals surface area (Å²) < 4.78 is 5.38. The quantitative estimate of drug-likeness (QED) is 0.778.